The molecule has 6 heteroatoms. The largest absolute Gasteiger partial charge is 0.352 e. The molecule has 0 saturated carbocycles. The van der Waals surface area contributed by atoms with Gasteiger partial charge in [0.05, 0.1) is 0 Å². The van der Waals surface area contributed by atoms with E-state index in [-0.39, 0.29) is 24.2 Å². The predicted octanol–water partition coefficient (Wildman–Crippen LogP) is 1.44. The Bertz CT molecular complexity index is 476. The Morgan fingerprint density at radius 3 is 2.68 bits per heavy atom. The lowest BCUT2D eigenvalue weighted by molar-refractivity contribution is -0.131. The van der Waals surface area contributed by atoms with Gasteiger partial charge in [-0.3, -0.25) is 9.59 Å². The summed E-state index contributed by atoms with van der Waals surface area (Å²) in [6.07, 6.45) is 2.16. The first-order chi connectivity index (χ1) is 10.2. The summed E-state index contributed by atoms with van der Waals surface area (Å²) in [5.41, 5.74) is 0.651. The molecular weight excluding hydrogens is 302 g/mol. The van der Waals surface area contributed by atoms with E-state index in [1.54, 1.807) is 12.1 Å². The van der Waals surface area contributed by atoms with Crippen LogP contribution in [-0.2, 0) is 4.79 Å². The lowest BCUT2D eigenvalue weighted by atomic mass is 10.2. The van der Waals surface area contributed by atoms with Gasteiger partial charge in [0, 0.05) is 38.2 Å². The van der Waals surface area contributed by atoms with Crippen molar-refractivity contribution in [1.82, 2.24) is 15.5 Å². The molecule has 1 fully saturated rings. The van der Waals surface area contributed by atoms with Crippen LogP contribution in [0.1, 0.15) is 29.6 Å². The number of nitrogens with zero attached hydrogens (tertiary/aromatic N) is 1. The molecule has 122 valence electrons. The zero-order valence-corrected chi connectivity index (χ0v) is 13.7. The minimum Gasteiger partial charge on any atom is -0.352 e. The fourth-order valence-electron chi connectivity index (χ4n) is 2.48. The highest BCUT2D eigenvalue weighted by Crippen LogP contribution is 2.08. The molecule has 2 amide bonds. The fourth-order valence-corrected chi connectivity index (χ4v) is 2.48. The van der Waals surface area contributed by atoms with Crippen molar-refractivity contribution < 1.29 is 9.59 Å². The lowest BCUT2D eigenvalue weighted by Gasteiger charge is -2.23. The van der Waals surface area contributed by atoms with Gasteiger partial charge in [-0.05, 0) is 31.5 Å². The number of amides is 2. The van der Waals surface area contributed by atoms with E-state index in [0.717, 1.165) is 19.5 Å². The summed E-state index contributed by atoms with van der Waals surface area (Å²) >= 11 is 0. The summed E-state index contributed by atoms with van der Waals surface area (Å²) in [5, 5.41) is 6.10. The average molecular weight is 326 g/mol. The average Bonchev–Trinajstić information content (AvgIpc) is 3.05. The Labute approximate surface area is 137 Å². The molecule has 1 unspecified atom stereocenters. The molecule has 2 rings (SSSR count). The molecule has 0 radical (unpaired) electrons. The van der Waals surface area contributed by atoms with Gasteiger partial charge in [0.25, 0.3) is 5.91 Å². The van der Waals surface area contributed by atoms with Crippen molar-refractivity contribution in [1.29, 1.82) is 0 Å². The van der Waals surface area contributed by atoms with Crippen molar-refractivity contribution in [2.75, 3.05) is 26.7 Å². The van der Waals surface area contributed by atoms with E-state index in [9.17, 15) is 9.59 Å². The monoisotopic (exact) mass is 325 g/mol. The van der Waals surface area contributed by atoms with Crippen LogP contribution in [0.3, 0.4) is 0 Å². The van der Waals surface area contributed by atoms with Crippen LogP contribution in [-0.4, -0.2) is 49.4 Å². The molecule has 1 aliphatic heterocycles. The first-order valence-electron chi connectivity index (χ1n) is 7.48. The van der Waals surface area contributed by atoms with Gasteiger partial charge in [-0.15, -0.1) is 12.4 Å². The van der Waals surface area contributed by atoms with Crippen LogP contribution in [0.25, 0.3) is 0 Å². The zero-order chi connectivity index (χ0) is 15.1. The summed E-state index contributed by atoms with van der Waals surface area (Å²) in [6.45, 7) is 2.39. The lowest BCUT2D eigenvalue weighted by Crippen LogP contribution is -2.38. The molecule has 1 saturated heterocycles. The molecule has 0 aliphatic carbocycles. The third-order valence-electron chi connectivity index (χ3n) is 3.86. The third-order valence-corrected chi connectivity index (χ3v) is 3.86. The molecule has 5 nitrogen and oxygen atoms in total. The van der Waals surface area contributed by atoms with Gasteiger partial charge in [0.2, 0.25) is 5.91 Å². The third kappa shape index (κ3) is 5.31. The Morgan fingerprint density at radius 2 is 2.05 bits per heavy atom. The van der Waals surface area contributed by atoms with Gasteiger partial charge in [-0.25, -0.2) is 0 Å². The predicted molar refractivity (Wildman–Crippen MR) is 89.3 cm³/mol. The molecule has 0 bridgehead atoms. The number of halogens is 1. The van der Waals surface area contributed by atoms with E-state index >= 15 is 0 Å². The normalized spacial score (nSPS) is 16.7. The number of likely N-dealkylation sites (N-methyl/N-ethyl adjacent to an activating group) is 1. The number of rotatable bonds is 6. The standard InChI is InChI=1S/C16H23N3O2.ClH/c1-19(14-9-11-17-12-14)15(20)8-5-10-18-16(21)13-6-3-2-4-7-13;/h2-4,6-7,14,17H,5,8-12H2,1H3,(H,18,21);1H. The van der Waals surface area contributed by atoms with Gasteiger partial charge in [0.15, 0.2) is 0 Å². The Kier molecular flexibility index (Phi) is 7.91. The highest BCUT2D eigenvalue weighted by atomic mass is 35.5. The van der Waals surface area contributed by atoms with Gasteiger partial charge in [0.1, 0.15) is 0 Å². The Morgan fingerprint density at radius 1 is 1.32 bits per heavy atom. The van der Waals surface area contributed by atoms with E-state index < -0.39 is 0 Å². The van der Waals surface area contributed by atoms with Crippen LogP contribution in [0.15, 0.2) is 30.3 Å². The van der Waals surface area contributed by atoms with Gasteiger partial charge < -0.3 is 15.5 Å². The van der Waals surface area contributed by atoms with Crippen molar-refractivity contribution in [3.05, 3.63) is 35.9 Å². The summed E-state index contributed by atoms with van der Waals surface area (Å²) < 4.78 is 0. The first-order valence-corrected chi connectivity index (χ1v) is 7.48. The second-order valence-corrected chi connectivity index (χ2v) is 5.38. The van der Waals surface area contributed by atoms with Gasteiger partial charge in [-0.1, -0.05) is 18.2 Å². The van der Waals surface area contributed by atoms with E-state index in [1.165, 1.54) is 0 Å². The molecule has 1 atom stereocenters. The fraction of sp³-hybridized carbons (Fsp3) is 0.500. The molecule has 2 N–H and O–H groups in total. The van der Waals surface area contributed by atoms with Crippen LogP contribution in [0.4, 0.5) is 0 Å². The number of carbonyl (C=O) groups is 2. The maximum Gasteiger partial charge on any atom is 0.251 e. The smallest absolute Gasteiger partial charge is 0.251 e. The summed E-state index contributed by atoms with van der Waals surface area (Å²) in [6, 6.07) is 9.43. The van der Waals surface area contributed by atoms with Crippen LogP contribution in [0.2, 0.25) is 0 Å². The number of hydrogen-bond donors (Lipinski definition) is 2. The summed E-state index contributed by atoms with van der Waals surface area (Å²) in [7, 11) is 1.86. The zero-order valence-electron chi connectivity index (χ0n) is 12.9. The Balaban J connectivity index is 0.00000242. The molecular formula is C16H24ClN3O2. The SMILES string of the molecule is CN(C(=O)CCCNC(=O)c1ccccc1)C1CCNC1.Cl. The topological polar surface area (TPSA) is 61.4 Å². The molecule has 1 aromatic carbocycles. The number of benzene rings is 1. The van der Waals surface area contributed by atoms with Gasteiger partial charge >= 0.3 is 0 Å². The van der Waals surface area contributed by atoms with Crippen molar-refractivity contribution in [2.45, 2.75) is 25.3 Å². The van der Waals surface area contributed by atoms with E-state index in [0.29, 0.717) is 31.0 Å². The van der Waals surface area contributed by atoms with Crippen LogP contribution < -0.4 is 10.6 Å². The molecule has 1 aromatic rings. The molecule has 0 aromatic heterocycles. The van der Waals surface area contributed by atoms with E-state index in [2.05, 4.69) is 10.6 Å². The van der Waals surface area contributed by atoms with Crippen molar-refractivity contribution >= 4 is 24.2 Å². The minimum absolute atomic E-state index is 0. The first kappa shape index (κ1) is 18.5. The van der Waals surface area contributed by atoms with Crippen LogP contribution in [0.5, 0.6) is 0 Å². The summed E-state index contributed by atoms with van der Waals surface area (Å²) in [5.74, 6) is 0.0639. The van der Waals surface area contributed by atoms with E-state index in [4.69, 9.17) is 0 Å². The summed E-state index contributed by atoms with van der Waals surface area (Å²) in [4.78, 5) is 25.7. The Hall–Kier alpha value is -1.59. The molecule has 22 heavy (non-hydrogen) atoms. The van der Waals surface area contributed by atoms with Crippen LogP contribution >= 0.6 is 12.4 Å². The number of nitrogens with one attached hydrogen (secondary N) is 2. The van der Waals surface area contributed by atoms with Crippen molar-refractivity contribution in [2.24, 2.45) is 0 Å². The number of hydrogen-bond acceptors (Lipinski definition) is 3. The maximum absolute atomic E-state index is 12.0. The molecule has 0 spiro atoms. The quantitative estimate of drug-likeness (QED) is 0.778. The maximum atomic E-state index is 12.0. The number of carbonyl (C=O) groups excluding carboxylic acids is 2. The molecule has 1 aliphatic rings. The van der Waals surface area contributed by atoms with Crippen molar-refractivity contribution in [3.63, 3.8) is 0 Å². The van der Waals surface area contributed by atoms with Crippen LogP contribution in [0, 0.1) is 0 Å². The highest BCUT2D eigenvalue weighted by molar-refractivity contribution is 5.94. The second kappa shape index (κ2) is 9.43. The van der Waals surface area contributed by atoms with Crippen molar-refractivity contribution in [3.8, 4) is 0 Å². The highest BCUT2D eigenvalue weighted by Gasteiger charge is 2.22. The second-order valence-electron chi connectivity index (χ2n) is 5.38. The van der Waals surface area contributed by atoms with Gasteiger partial charge in [-0.2, -0.15) is 0 Å². The minimum atomic E-state index is -0.0867. The van der Waals surface area contributed by atoms with E-state index in [1.807, 2.05) is 30.1 Å². The molecule has 1 heterocycles.